The summed E-state index contributed by atoms with van der Waals surface area (Å²) in [5.41, 5.74) is 1.18. The molecule has 1 rings (SSSR count). The van der Waals surface area contributed by atoms with Crippen LogP contribution in [0.15, 0.2) is 30.3 Å². The first kappa shape index (κ1) is 8.87. The summed E-state index contributed by atoms with van der Waals surface area (Å²) < 4.78 is 0. The summed E-state index contributed by atoms with van der Waals surface area (Å²) in [6, 6.07) is 10.2. The summed E-state index contributed by atoms with van der Waals surface area (Å²) in [4.78, 5) is 0. The third kappa shape index (κ3) is 3.25. The van der Waals surface area contributed by atoms with Crippen molar-refractivity contribution in [1.82, 2.24) is 0 Å². The van der Waals surface area contributed by atoms with Gasteiger partial charge < -0.3 is 0 Å². The minimum atomic E-state index is 0.989. The van der Waals surface area contributed by atoms with Gasteiger partial charge in [-0.15, -0.1) is 5.92 Å². The maximum atomic E-state index is 3.08. The molecule has 0 aliphatic heterocycles. The van der Waals surface area contributed by atoms with E-state index in [2.05, 4.69) is 30.9 Å². The Balaban J connectivity index is 2.40. The highest BCUT2D eigenvalue weighted by Gasteiger charge is 1.84. The molecule has 0 spiro atoms. The Bertz CT molecular complexity index is 261. The lowest BCUT2D eigenvalue weighted by Crippen LogP contribution is -1.75. The van der Waals surface area contributed by atoms with Crippen molar-refractivity contribution in [3.63, 3.8) is 0 Å². The van der Waals surface area contributed by atoms with Gasteiger partial charge in [0.15, 0.2) is 0 Å². The molecule has 0 bridgehead atoms. The number of hydrogen-bond acceptors (Lipinski definition) is 0. The molecule has 0 heterocycles. The monoisotopic (exact) mass is 157 g/mol. The van der Waals surface area contributed by atoms with Crippen LogP contribution in [0, 0.1) is 18.3 Å². The predicted molar refractivity (Wildman–Crippen MR) is 52.5 cm³/mol. The number of benzene rings is 1. The van der Waals surface area contributed by atoms with Crippen LogP contribution in [-0.2, 0) is 0 Å². The van der Waals surface area contributed by atoms with Crippen LogP contribution < -0.4 is 0 Å². The summed E-state index contributed by atoms with van der Waals surface area (Å²) in [6.45, 7) is 2.14. The Morgan fingerprint density at radius 3 is 2.67 bits per heavy atom. The fourth-order valence-corrected chi connectivity index (χ4v) is 0.881. The van der Waals surface area contributed by atoms with E-state index in [1.165, 1.54) is 5.56 Å². The average Bonchev–Trinajstić information content (AvgIpc) is 2.14. The molecular formula is C12H13. The Morgan fingerprint density at radius 1 is 1.25 bits per heavy atom. The van der Waals surface area contributed by atoms with Crippen LogP contribution in [0.4, 0.5) is 0 Å². The topological polar surface area (TPSA) is 0 Å². The van der Waals surface area contributed by atoms with Gasteiger partial charge in [-0.25, -0.2) is 0 Å². The number of unbranched alkanes of at least 4 members (excludes halogenated alkanes) is 1. The molecule has 1 radical (unpaired) electrons. The van der Waals surface area contributed by atoms with Gasteiger partial charge in [-0.1, -0.05) is 43.2 Å². The molecule has 0 aliphatic carbocycles. The van der Waals surface area contributed by atoms with Crippen molar-refractivity contribution >= 4 is 0 Å². The van der Waals surface area contributed by atoms with Crippen molar-refractivity contribution in [1.29, 1.82) is 0 Å². The molecule has 0 nitrogen and oxygen atoms in total. The highest BCUT2D eigenvalue weighted by molar-refractivity contribution is 5.31. The third-order valence-corrected chi connectivity index (χ3v) is 1.52. The number of hydrogen-bond donors (Lipinski definition) is 0. The molecule has 12 heavy (non-hydrogen) atoms. The van der Waals surface area contributed by atoms with Crippen molar-refractivity contribution in [3.05, 3.63) is 42.3 Å². The quantitative estimate of drug-likeness (QED) is 0.579. The number of rotatable bonds is 2. The molecule has 0 amide bonds. The van der Waals surface area contributed by atoms with E-state index in [-0.39, 0.29) is 0 Å². The Morgan fingerprint density at radius 2 is 2.00 bits per heavy atom. The van der Waals surface area contributed by atoms with E-state index in [0.717, 1.165) is 12.8 Å². The maximum absolute atomic E-state index is 3.08. The van der Waals surface area contributed by atoms with E-state index < -0.39 is 0 Å². The fourth-order valence-electron chi connectivity index (χ4n) is 0.881. The normalized spacial score (nSPS) is 8.75. The van der Waals surface area contributed by atoms with Crippen LogP contribution in [0.1, 0.15) is 25.3 Å². The molecule has 0 unspecified atom stereocenters. The summed E-state index contributed by atoms with van der Waals surface area (Å²) >= 11 is 0. The van der Waals surface area contributed by atoms with Gasteiger partial charge in [-0.3, -0.25) is 0 Å². The third-order valence-electron chi connectivity index (χ3n) is 1.52. The van der Waals surface area contributed by atoms with Crippen LogP contribution in [0.2, 0.25) is 0 Å². The lowest BCUT2D eigenvalue weighted by Gasteiger charge is -1.90. The zero-order valence-corrected chi connectivity index (χ0v) is 7.38. The summed E-state index contributed by atoms with van der Waals surface area (Å²) in [7, 11) is 0. The van der Waals surface area contributed by atoms with Crippen molar-refractivity contribution in [3.8, 4) is 11.8 Å². The smallest absolute Gasteiger partial charge is 0.0630 e. The Kier molecular flexibility index (Phi) is 4.02. The van der Waals surface area contributed by atoms with Crippen molar-refractivity contribution in [2.24, 2.45) is 0 Å². The van der Waals surface area contributed by atoms with Gasteiger partial charge in [0.1, 0.15) is 0 Å². The molecule has 0 aromatic heterocycles. The Labute approximate surface area is 74.6 Å². The van der Waals surface area contributed by atoms with E-state index in [4.69, 9.17) is 0 Å². The first-order chi connectivity index (χ1) is 5.93. The molecule has 0 saturated carbocycles. The lowest BCUT2D eigenvalue weighted by atomic mass is 10.1. The molecule has 0 heteroatoms. The molecule has 0 N–H and O–H groups in total. The second-order valence-electron chi connectivity index (χ2n) is 2.63. The highest BCUT2D eigenvalue weighted by Crippen LogP contribution is 1.99. The van der Waals surface area contributed by atoms with Gasteiger partial charge >= 0.3 is 0 Å². The van der Waals surface area contributed by atoms with E-state index >= 15 is 0 Å². The minimum Gasteiger partial charge on any atom is -0.103 e. The lowest BCUT2D eigenvalue weighted by molar-refractivity contribution is 0.983. The molecule has 1 aromatic rings. The average molecular weight is 157 g/mol. The highest BCUT2D eigenvalue weighted by atomic mass is 13.9. The van der Waals surface area contributed by atoms with Gasteiger partial charge in [0.2, 0.25) is 0 Å². The fraction of sp³-hybridized carbons (Fsp3) is 0.250. The molecule has 0 fully saturated rings. The standard InChI is InChI=1S/C12H13/c1-2-3-4-6-9-12-10-7-5-8-11-12/h5,7-11H,2-3H2,1H3. The van der Waals surface area contributed by atoms with E-state index in [1.54, 1.807) is 0 Å². The van der Waals surface area contributed by atoms with Crippen LogP contribution in [-0.4, -0.2) is 0 Å². The van der Waals surface area contributed by atoms with Crippen molar-refractivity contribution in [2.75, 3.05) is 0 Å². The molecular weight excluding hydrogens is 144 g/mol. The van der Waals surface area contributed by atoms with E-state index in [0.29, 0.717) is 0 Å². The predicted octanol–water partition coefficient (Wildman–Crippen LogP) is 3.04. The first-order valence-corrected chi connectivity index (χ1v) is 4.30. The van der Waals surface area contributed by atoms with Crippen LogP contribution in [0.5, 0.6) is 0 Å². The van der Waals surface area contributed by atoms with Crippen LogP contribution in [0.3, 0.4) is 0 Å². The van der Waals surface area contributed by atoms with E-state index in [9.17, 15) is 0 Å². The molecule has 0 saturated heterocycles. The van der Waals surface area contributed by atoms with Gasteiger partial charge in [-0.2, -0.15) is 0 Å². The van der Waals surface area contributed by atoms with Gasteiger partial charge in [0, 0.05) is 6.42 Å². The maximum Gasteiger partial charge on any atom is 0.0630 e. The minimum absolute atomic E-state index is 0.989. The summed E-state index contributed by atoms with van der Waals surface area (Å²) in [6.07, 6.45) is 4.08. The second-order valence-corrected chi connectivity index (χ2v) is 2.63. The first-order valence-electron chi connectivity index (χ1n) is 4.30. The van der Waals surface area contributed by atoms with Crippen LogP contribution in [0.25, 0.3) is 0 Å². The van der Waals surface area contributed by atoms with E-state index in [1.807, 2.05) is 24.6 Å². The van der Waals surface area contributed by atoms with Gasteiger partial charge in [0.05, 0.1) is 6.42 Å². The molecule has 0 aliphatic rings. The summed E-state index contributed by atoms with van der Waals surface area (Å²) in [5, 5.41) is 0. The summed E-state index contributed by atoms with van der Waals surface area (Å²) in [5.74, 6) is 6.11. The molecule has 1 aromatic carbocycles. The molecule has 61 valence electrons. The molecule has 0 atom stereocenters. The van der Waals surface area contributed by atoms with Gasteiger partial charge in [0.25, 0.3) is 0 Å². The SMILES string of the molecule is CCCC#C[CH]c1ccccc1. The zero-order valence-electron chi connectivity index (χ0n) is 7.38. The van der Waals surface area contributed by atoms with Crippen molar-refractivity contribution < 1.29 is 0 Å². The Hall–Kier alpha value is -1.22. The zero-order chi connectivity index (χ0) is 8.65. The second kappa shape index (κ2) is 5.43. The van der Waals surface area contributed by atoms with Crippen molar-refractivity contribution in [2.45, 2.75) is 19.8 Å². The van der Waals surface area contributed by atoms with Crippen LogP contribution >= 0.6 is 0 Å². The van der Waals surface area contributed by atoms with Gasteiger partial charge in [-0.05, 0) is 12.0 Å². The largest absolute Gasteiger partial charge is 0.103 e.